The summed E-state index contributed by atoms with van der Waals surface area (Å²) in [7, 11) is -3.37. The smallest absolute Gasteiger partial charge is 0.180 e. The van der Waals surface area contributed by atoms with Crippen LogP contribution in [0, 0.1) is 0 Å². The van der Waals surface area contributed by atoms with Crippen molar-refractivity contribution >= 4 is 16.1 Å². The second kappa shape index (κ2) is 5.77. The van der Waals surface area contributed by atoms with Crippen molar-refractivity contribution in [3.05, 3.63) is 29.8 Å². The van der Waals surface area contributed by atoms with Crippen molar-refractivity contribution in [2.24, 2.45) is 0 Å². The summed E-state index contributed by atoms with van der Waals surface area (Å²) in [4.78, 5) is 10.4. The van der Waals surface area contributed by atoms with Crippen LogP contribution in [-0.2, 0) is 21.1 Å². The molecule has 0 saturated carbocycles. The van der Waals surface area contributed by atoms with Gasteiger partial charge in [0.1, 0.15) is 6.29 Å². The summed E-state index contributed by atoms with van der Waals surface area (Å²) in [6, 6.07) is 6.39. The molecular weight excluding hydrogens is 228 g/mol. The topological polar surface area (TPSA) is 71.4 Å². The van der Waals surface area contributed by atoms with E-state index in [1.807, 2.05) is 0 Å². The van der Waals surface area contributed by atoms with Crippen LogP contribution in [0.3, 0.4) is 0 Å². The van der Waals surface area contributed by atoms with E-state index in [9.17, 15) is 13.2 Å². The molecule has 0 aliphatic carbocycles. The minimum atomic E-state index is -3.37. The first-order valence-electron chi connectivity index (χ1n) is 4.96. The van der Waals surface area contributed by atoms with Crippen molar-refractivity contribution in [1.29, 1.82) is 0 Å². The van der Waals surface area contributed by atoms with Gasteiger partial charge in [0.2, 0.25) is 0 Å². The first-order chi connectivity index (χ1) is 7.60. The number of hydrogen-bond acceptors (Lipinski definition) is 4. The number of carbonyl (C=O) groups excluding carboxylic acids is 1. The lowest BCUT2D eigenvalue weighted by Gasteiger charge is -2.03. The third-order valence-corrected chi connectivity index (χ3v) is 3.90. The van der Waals surface area contributed by atoms with Gasteiger partial charge in [-0.15, -0.1) is 0 Å². The van der Waals surface area contributed by atoms with Crippen LogP contribution in [0.25, 0.3) is 0 Å². The summed E-state index contributed by atoms with van der Waals surface area (Å²) in [5, 5.41) is 8.62. The number of aliphatic hydroxyl groups is 1. The number of aliphatic hydroxyl groups excluding tert-OH is 1. The molecule has 5 heteroatoms. The molecule has 0 amide bonds. The minimum absolute atomic E-state index is 0.205. The van der Waals surface area contributed by atoms with Gasteiger partial charge < -0.3 is 9.90 Å². The van der Waals surface area contributed by atoms with Gasteiger partial charge in [-0.25, -0.2) is 8.42 Å². The highest BCUT2D eigenvalue weighted by atomic mass is 32.2. The van der Waals surface area contributed by atoms with Crippen LogP contribution in [0.2, 0.25) is 0 Å². The molecule has 1 rings (SSSR count). The molecule has 0 saturated heterocycles. The Kier molecular flexibility index (Phi) is 4.64. The standard InChI is InChI=1S/C11H14O4S/c12-7-1-2-10-3-5-11(6-4-10)16(14,15)9-8-13/h3-7,13H,1-2,8-9H2. The van der Waals surface area contributed by atoms with Crippen LogP contribution >= 0.6 is 0 Å². The molecule has 1 aromatic carbocycles. The predicted octanol–water partition coefficient (Wildman–Crippen LogP) is 0.584. The lowest BCUT2D eigenvalue weighted by atomic mass is 10.1. The third-order valence-electron chi connectivity index (χ3n) is 2.19. The van der Waals surface area contributed by atoms with Crippen LogP contribution in [0.4, 0.5) is 0 Å². The van der Waals surface area contributed by atoms with Gasteiger partial charge in [-0.05, 0) is 24.1 Å². The fourth-order valence-electron chi connectivity index (χ4n) is 1.33. The van der Waals surface area contributed by atoms with Crippen LogP contribution in [-0.4, -0.2) is 32.2 Å². The number of carbonyl (C=O) groups is 1. The molecule has 88 valence electrons. The molecule has 1 aromatic rings. The molecule has 0 unspecified atom stereocenters. The van der Waals surface area contributed by atoms with E-state index in [4.69, 9.17) is 5.11 Å². The Morgan fingerprint density at radius 3 is 2.31 bits per heavy atom. The molecule has 4 nitrogen and oxygen atoms in total. The Bertz CT molecular complexity index is 434. The molecular formula is C11H14O4S. The Labute approximate surface area is 94.8 Å². The van der Waals surface area contributed by atoms with Gasteiger partial charge in [-0.1, -0.05) is 12.1 Å². The lowest BCUT2D eigenvalue weighted by Crippen LogP contribution is -2.09. The summed E-state index contributed by atoms with van der Waals surface area (Å²) in [6.45, 7) is -0.380. The monoisotopic (exact) mass is 242 g/mol. The first kappa shape index (κ1) is 12.9. The van der Waals surface area contributed by atoms with Crippen LogP contribution in [0.1, 0.15) is 12.0 Å². The Hall–Kier alpha value is -1.20. The minimum Gasteiger partial charge on any atom is -0.395 e. The van der Waals surface area contributed by atoms with E-state index in [1.165, 1.54) is 12.1 Å². The summed E-state index contributed by atoms with van der Waals surface area (Å²) in [5.74, 6) is -0.263. The summed E-state index contributed by atoms with van der Waals surface area (Å²) < 4.78 is 23.1. The van der Waals surface area contributed by atoms with E-state index in [1.54, 1.807) is 12.1 Å². The van der Waals surface area contributed by atoms with Gasteiger partial charge in [-0.2, -0.15) is 0 Å². The van der Waals surface area contributed by atoms with Crippen LogP contribution in [0.15, 0.2) is 29.2 Å². The van der Waals surface area contributed by atoms with Gasteiger partial charge >= 0.3 is 0 Å². The van der Waals surface area contributed by atoms with E-state index in [0.29, 0.717) is 12.8 Å². The highest BCUT2D eigenvalue weighted by Gasteiger charge is 2.12. The maximum atomic E-state index is 11.5. The number of benzene rings is 1. The molecule has 0 heterocycles. The van der Waals surface area contributed by atoms with Crippen LogP contribution in [0.5, 0.6) is 0 Å². The van der Waals surface area contributed by atoms with Gasteiger partial charge in [0.05, 0.1) is 17.3 Å². The highest BCUT2D eigenvalue weighted by Crippen LogP contribution is 2.13. The Morgan fingerprint density at radius 2 is 1.81 bits per heavy atom. The molecule has 0 fully saturated rings. The van der Waals surface area contributed by atoms with E-state index >= 15 is 0 Å². The molecule has 0 spiro atoms. The van der Waals surface area contributed by atoms with Gasteiger partial charge in [0.15, 0.2) is 9.84 Å². The second-order valence-corrected chi connectivity index (χ2v) is 5.50. The molecule has 0 bridgehead atoms. The Balaban J connectivity index is 2.82. The number of rotatable bonds is 6. The fourth-order valence-corrected chi connectivity index (χ4v) is 2.35. The van der Waals surface area contributed by atoms with Crippen molar-refractivity contribution < 1.29 is 18.3 Å². The second-order valence-electron chi connectivity index (χ2n) is 3.39. The highest BCUT2D eigenvalue weighted by molar-refractivity contribution is 7.91. The zero-order chi connectivity index (χ0) is 12.0. The summed E-state index contributed by atoms with van der Waals surface area (Å²) >= 11 is 0. The quantitative estimate of drug-likeness (QED) is 0.741. The third kappa shape index (κ3) is 3.43. The van der Waals surface area contributed by atoms with E-state index < -0.39 is 9.84 Å². The van der Waals surface area contributed by atoms with Gasteiger partial charge in [-0.3, -0.25) is 0 Å². The Morgan fingerprint density at radius 1 is 1.19 bits per heavy atom. The number of sulfone groups is 1. The largest absolute Gasteiger partial charge is 0.395 e. The van der Waals surface area contributed by atoms with Gasteiger partial charge in [0.25, 0.3) is 0 Å². The lowest BCUT2D eigenvalue weighted by molar-refractivity contribution is -0.107. The number of aryl methyl sites for hydroxylation is 1. The van der Waals surface area contributed by atoms with Crippen molar-refractivity contribution in [1.82, 2.24) is 0 Å². The summed E-state index contributed by atoms with van der Waals surface area (Å²) in [5.41, 5.74) is 0.926. The predicted molar refractivity (Wildman–Crippen MR) is 60.0 cm³/mol. The normalized spacial score (nSPS) is 11.3. The summed E-state index contributed by atoms with van der Waals surface area (Å²) in [6.07, 6.45) is 1.88. The maximum Gasteiger partial charge on any atom is 0.180 e. The van der Waals surface area contributed by atoms with E-state index in [0.717, 1.165) is 11.8 Å². The molecule has 0 aromatic heterocycles. The average Bonchev–Trinajstić information content (AvgIpc) is 2.27. The van der Waals surface area contributed by atoms with E-state index in [2.05, 4.69) is 0 Å². The first-order valence-corrected chi connectivity index (χ1v) is 6.61. The average molecular weight is 242 g/mol. The van der Waals surface area contributed by atoms with Crippen molar-refractivity contribution in [2.75, 3.05) is 12.4 Å². The molecule has 0 atom stereocenters. The number of hydrogen-bond donors (Lipinski definition) is 1. The zero-order valence-electron chi connectivity index (χ0n) is 8.80. The zero-order valence-corrected chi connectivity index (χ0v) is 9.61. The SMILES string of the molecule is O=CCCc1ccc(S(=O)(=O)CCO)cc1. The van der Waals surface area contributed by atoms with Gasteiger partial charge in [0, 0.05) is 6.42 Å². The molecule has 1 N–H and O–H groups in total. The van der Waals surface area contributed by atoms with Crippen molar-refractivity contribution in [2.45, 2.75) is 17.7 Å². The maximum absolute atomic E-state index is 11.5. The number of aldehydes is 1. The van der Waals surface area contributed by atoms with Crippen molar-refractivity contribution in [3.63, 3.8) is 0 Å². The van der Waals surface area contributed by atoms with Crippen LogP contribution < -0.4 is 0 Å². The van der Waals surface area contributed by atoms with Crippen molar-refractivity contribution in [3.8, 4) is 0 Å². The molecule has 16 heavy (non-hydrogen) atoms. The van der Waals surface area contributed by atoms with E-state index in [-0.39, 0.29) is 17.3 Å². The fraction of sp³-hybridized carbons (Fsp3) is 0.364. The molecule has 0 radical (unpaired) electrons. The molecule has 0 aliphatic rings. The molecule has 0 aliphatic heterocycles.